The summed E-state index contributed by atoms with van der Waals surface area (Å²) < 4.78 is 10.9. The van der Waals surface area contributed by atoms with Crippen LogP contribution < -0.4 is 20.1 Å². The Hall–Kier alpha value is -4.20. The largest absolute Gasteiger partial charge is 0.497 e. The number of methoxy groups -OCH3 is 1. The van der Waals surface area contributed by atoms with Gasteiger partial charge in [-0.05, 0) is 60.5 Å². The SMILES string of the molecule is COc1ccc(/C=C/C(=O)NC(C)C(=O)Nc2ncccc2OCc2ccncc2)cc1. The Bertz CT molecular complexity index is 1070. The van der Waals surface area contributed by atoms with Gasteiger partial charge in [0, 0.05) is 24.7 Å². The highest BCUT2D eigenvalue weighted by atomic mass is 16.5. The van der Waals surface area contributed by atoms with Crippen molar-refractivity contribution in [2.45, 2.75) is 19.6 Å². The summed E-state index contributed by atoms with van der Waals surface area (Å²) in [6.07, 6.45) is 7.94. The number of benzene rings is 1. The molecule has 3 rings (SSSR count). The van der Waals surface area contributed by atoms with E-state index >= 15 is 0 Å². The van der Waals surface area contributed by atoms with E-state index in [2.05, 4.69) is 20.6 Å². The summed E-state index contributed by atoms with van der Waals surface area (Å²) in [5.74, 6) is 0.634. The third-order valence-corrected chi connectivity index (χ3v) is 4.45. The second-order valence-corrected chi connectivity index (χ2v) is 6.82. The number of nitrogens with zero attached hydrogens (tertiary/aromatic N) is 2. The molecule has 2 aromatic heterocycles. The minimum Gasteiger partial charge on any atom is -0.497 e. The van der Waals surface area contributed by atoms with Crippen LogP contribution in [0, 0.1) is 0 Å². The molecular formula is C24H24N4O4. The Morgan fingerprint density at radius 3 is 2.53 bits per heavy atom. The Balaban J connectivity index is 1.54. The van der Waals surface area contributed by atoms with Crippen LogP contribution in [0.15, 0.2) is 73.2 Å². The molecule has 8 nitrogen and oxygen atoms in total. The standard InChI is InChI=1S/C24H24N4O4/c1-17(27-22(29)10-7-18-5-8-20(31-2)9-6-18)24(30)28-23-21(4-3-13-26-23)32-16-19-11-14-25-15-12-19/h3-15,17H,16H2,1-2H3,(H,27,29)(H,26,28,30)/b10-7+. The molecule has 2 heterocycles. The smallest absolute Gasteiger partial charge is 0.247 e. The van der Waals surface area contributed by atoms with Crippen LogP contribution in [-0.2, 0) is 16.2 Å². The Morgan fingerprint density at radius 1 is 1.06 bits per heavy atom. The molecule has 0 bridgehead atoms. The van der Waals surface area contributed by atoms with Gasteiger partial charge in [-0.25, -0.2) is 4.98 Å². The molecule has 0 saturated heterocycles. The molecule has 8 heteroatoms. The second kappa shape index (κ2) is 11.3. The van der Waals surface area contributed by atoms with Crippen LogP contribution in [0.1, 0.15) is 18.1 Å². The maximum Gasteiger partial charge on any atom is 0.247 e. The molecule has 0 aliphatic carbocycles. The van der Waals surface area contributed by atoms with Gasteiger partial charge >= 0.3 is 0 Å². The zero-order chi connectivity index (χ0) is 22.8. The molecule has 0 fully saturated rings. The molecule has 32 heavy (non-hydrogen) atoms. The van der Waals surface area contributed by atoms with Crippen LogP contribution in [-0.4, -0.2) is 34.9 Å². The minimum absolute atomic E-state index is 0.279. The summed E-state index contributed by atoms with van der Waals surface area (Å²) in [5, 5.41) is 5.33. The van der Waals surface area contributed by atoms with Gasteiger partial charge in [0.1, 0.15) is 18.4 Å². The van der Waals surface area contributed by atoms with Gasteiger partial charge in [0.15, 0.2) is 11.6 Å². The predicted molar refractivity (Wildman–Crippen MR) is 121 cm³/mol. The number of nitrogens with one attached hydrogen (secondary N) is 2. The maximum atomic E-state index is 12.6. The highest BCUT2D eigenvalue weighted by molar-refractivity contribution is 5.99. The van der Waals surface area contributed by atoms with Gasteiger partial charge in [-0.1, -0.05) is 12.1 Å². The molecule has 1 atom stereocenters. The van der Waals surface area contributed by atoms with E-state index in [4.69, 9.17) is 9.47 Å². The highest BCUT2D eigenvalue weighted by Gasteiger charge is 2.17. The summed E-state index contributed by atoms with van der Waals surface area (Å²) in [7, 11) is 1.59. The molecule has 0 radical (unpaired) electrons. The number of pyridine rings is 2. The number of ether oxygens (including phenoxy) is 2. The monoisotopic (exact) mass is 432 g/mol. The molecule has 164 valence electrons. The fourth-order valence-corrected chi connectivity index (χ4v) is 2.68. The lowest BCUT2D eigenvalue weighted by molar-refractivity contribution is -0.123. The number of amides is 2. The van der Waals surface area contributed by atoms with Crippen molar-refractivity contribution in [1.29, 1.82) is 0 Å². The topological polar surface area (TPSA) is 102 Å². The van der Waals surface area contributed by atoms with Crippen molar-refractivity contribution in [2.24, 2.45) is 0 Å². The number of hydrogen-bond donors (Lipinski definition) is 2. The molecule has 1 unspecified atom stereocenters. The molecule has 0 aliphatic rings. The quantitative estimate of drug-likeness (QED) is 0.504. The van der Waals surface area contributed by atoms with Crippen LogP contribution >= 0.6 is 0 Å². The highest BCUT2D eigenvalue weighted by Crippen LogP contribution is 2.22. The van der Waals surface area contributed by atoms with Gasteiger partial charge in [-0.15, -0.1) is 0 Å². The van der Waals surface area contributed by atoms with E-state index in [-0.39, 0.29) is 5.82 Å². The average Bonchev–Trinajstić information content (AvgIpc) is 2.83. The lowest BCUT2D eigenvalue weighted by Gasteiger charge is -2.15. The van der Waals surface area contributed by atoms with E-state index in [1.807, 2.05) is 24.3 Å². The Morgan fingerprint density at radius 2 is 1.81 bits per heavy atom. The van der Waals surface area contributed by atoms with Crippen LogP contribution in [0.3, 0.4) is 0 Å². The van der Waals surface area contributed by atoms with Crippen LogP contribution in [0.5, 0.6) is 11.5 Å². The zero-order valence-electron chi connectivity index (χ0n) is 17.8. The van der Waals surface area contributed by atoms with E-state index in [0.717, 1.165) is 16.9 Å². The zero-order valence-corrected chi connectivity index (χ0v) is 17.8. The fourth-order valence-electron chi connectivity index (χ4n) is 2.68. The summed E-state index contributed by atoms with van der Waals surface area (Å²) >= 11 is 0. The lowest BCUT2D eigenvalue weighted by atomic mass is 10.2. The average molecular weight is 432 g/mol. The first kappa shape index (κ1) is 22.5. The van der Waals surface area contributed by atoms with Gasteiger partial charge in [-0.3, -0.25) is 14.6 Å². The fraction of sp³-hybridized carbons (Fsp3) is 0.167. The molecular weight excluding hydrogens is 408 g/mol. The van der Waals surface area contributed by atoms with Crippen LogP contribution in [0.4, 0.5) is 5.82 Å². The molecule has 1 aromatic carbocycles. The summed E-state index contributed by atoms with van der Waals surface area (Å²) in [4.78, 5) is 32.9. The van der Waals surface area contributed by atoms with Gasteiger partial charge in [0.25, 0.3) is 0 Å². The van der Waals surface area contributed by atoms with E-state index in [1.54, 1.807) is 63.0 Å². The first-order valence-corrected chi connectivity index (χ1v) is 9.95. The molecule has 0 spiro atoms. The number of carbonyl (C=O) groups is 2. The van der Waals surface area contributed by atoms with Crippen molar-refractivity contribution in [3.05, 3.63) is 84.3 Å². The van der Waals surface area contributed by atoms with E-state index < -0.39 is 17.9 Å². The molecule has 0 saturated carbocycles. The Kier molecular flexibility index (Phi) is 7.91. The third-order valence-electron chi connectivity index (χ3n) is 4.45. The summed E-state index contributed by atoms with van der Waals surface area (Å²) in [6, 6.07) is 13.6. The van der Waals surface area contributed by atoms with Crippen molar-refractivity contribution in [3.8, 4) is 11.5 Å². The number of anilines is 1. The number of aromatic nitrogens is 2. The second-order valence-electron chi connectivity index (χ2n) is 6.82. The van der Waals surface area contributed by atoms with Crippen molar-refractivity contribution >= 4 is 23.7 Å². The number of hydrogen-bond acceptors (Lipinski definition) is 6. The molecule has 2 amide bonds. The van der Waals surface area contributed by atoms with Crippen molar-refractivity contribution in [3.63, 3.8) is 0 Å². The van der Waals surface area contributed by atoms with Crippen LogP contribution in [0.2, 0.25) is 0 Å². The predicted octanol–water partition coefficient (Wildman–Crippen LogP) is 3.22. The molecule has 2 N–H and O–H groups in total. The van der Waals surface area contributed by atoms with Gasteiger partial charge < -0.3 is 20.1 Å². The normalized spacial score (nSPS) is 11.6. The minimum atomic E-state index is -0.780. The van der Waals surface area contributed by atoms with Crippen molar-refractivity contribution in [2.75, 3.05) is 12.4 Å². The molecule has 3 aromatic rings. The lowest BCUT2D eigenvalue weighted by Crippen LogP contribution is -2.41. The summed E-state index contributed by atoms with van der Waals surface area (Å²) in [6.45, 7) is 1.90. The van der Waals surface area contributed by atoms with Crippen LogP contribution in [0.25, 0.3) is 6.08 Å². The van der Waals surface area contributed by atoms with Gasteiger partial charge in [-0.2, -0.15) is 0 Å². The molecule has 0 aliphatic heterocycles. The van der Waals surface area contributed by atoms with Crippen molar-refractivity contribution in [1.82, 2.24) is 15.3 Å². The summed E-state index contributed by atoms with van der Waals surface area (Å²) in [5.41, 5.74) is 1.77. The maximum absolute atomic E-state index is 12.6. The van der Waals surface area contributed by atoms with Crippen molar-refractivity contribution < 1.29 is 19.1 Å². The first-order chi connectivity index (χ1) is 15.5. The third kappa shape index (κ3) is 6.66. The number of rotatable bonds is 9. The first-order valence-electron chi connectivity index (χ1n) is 9.95. The number of carbonyl (C=O) groups excluding carboxylic acids is 2. The van der Waals surface area contributed by atoms with E-state index in [9.17, 15) is 9.59 Å². The van der Waals surface area contributed by atoms with Gasteiger partial charge in [0.05, 0.1) is 7.11 Å². The van der Waals surface area contributed by atoms with Gasteiger partial charge in [0.2, 0.25) is 11.8 Å². The Labute approximate surface area is 186 Å². The van der Waals surface area contributed by atoms with E-state index in [1.165, 1.54) is 6.08 Å². The van der Waals surface area contributed by atoms with E-state index in [0.29, 0.717) is 12.4 Å².